The van der Waals surface area contributed by atoms with Gasteiger partial charge in [0, 0.05) is 19.0 Å². The summed E-state index contributed by atoms with van der Waals surface area (Å²) in [6, 6.07) is -0.0495. The molecule has 0 aliphatic carbocycles. The lowest BCUT2D eigenvalue weighted by atomic mass is 10.2. The number of aliphatic carboxylic acids is 1. The van der Waals surface area contributed by atoms with Gasteiger partial charge in [0.25, 0.3) is 0 Å². The molecule has 0 amide bonds. The second kappa shape index (κ2) is 5.45. The number of nitrogens with zero attached hydrogens (tertiary/aromatic N) is 2. The Morgan fingerprint density at radius 2 is 2.40 bits per heavy atom. The zero-order valence-corrected chi connectivity index (χ0v) is 8.86. The molecule has 15 heavy (non-hydrogen) atoms. The predicted molar refractivity (Wildman–Crippen MR) is 52.5 cm³/mol. The minimum absolute atomic E-state index is 0.0495. The minimum atomic E-state index is -0.802. The molecule has 6 nitrogen and oxygen atoms in total. The Labute approximate surface area is 87.7 Å². The highest BCUT2D eigenvalue weighted by Gasteiger charge is 2.07. The van der Waals surface area contributed by atoms with Gasteiger partial charge in [0.05, 0.1) is 6.42 Å². The number of hydrogen-bond acceptors (Lipinski definition) is 5. The van der Waals surface area contributed by atoms with Gasteiger partial charge in [-0.25, -0.2) is 0 Å². The van der Waals surface area contributed by atoms with E-state index >= 15 is 0 Å². The molecule has 0 spiro atoms. The van der Waals surface area contributed by atoms with Crippen molar-refractivity contribution in [1.82, 2.24) is 15.5 Å². The third-order valence-electron chi connectivity index (χ3n) is 1.88. The maximum absolute atomic E-state index is 10.4. The average molecular weight is 213 g/mol. The van der Waals surface area contributed by atoms with Gasteiger partial charge >= 0.3 is 5.97 Å². The summed E-state index contributed by atoms with van der Waals surface area (Å²) in [4.78, 5) is 14.4. The molecule has 2 N–H and O–H groups in total. The number of rotatable bonds is 6. The molecule has 1 atom stereocenters. The Kier molecular flexibility index (Phi) is 4.23. The van der Waals surface area contributed by atoms with Crippen molar-refractivity contribution in [2.24, 2.45) is 0 Å². The van der Waals surface area contributed by atoms with Gasteiger partial charge in [0.15, 0.2) is 5.82 Å². The van der Waals surface area contributed by atoms with Crippen LogP contribution in [0.2, 0.25) is 0 Å². The summed E-state index contributed by atoms with van der Waals surface area (Å²) in [5, 5.41) is 15.2. The molecule has 0 saturated heterocycles. The summed E-state index contributed by atoms with van der Waals surface area (Å²) in [6.07, 6.45) is 0.730. The van der Waals surface area contributed by atoms with Gasteiger partial charge in [-0.1, -0.05) is 5.16 Å². The quantitative estimate of drug-likeness (QED) is 0.710. The largest absolute Gasteiger partial charge is 0.481 e. The van der Waals surface area contributed by atoms with Crippen molar-refractivity contribution in [1.29, 1.82) is 0 Å². The molecule has 1 rings (SSSR count). The van der Waals surface area contributed by atoms with E-state index in [-0.39, 0.29) is 12.5 Å². The summed E-state index contributed by atoms with van der Waals surface area (Å²) in [7, 11) is 0. The van der Waals surface area contributed by atoms with E-state index in [9.17, 15) is 4.79 Å². The first-order chi connectivity index (χ1) is 7.08. The van der Waals surface area contributed by atoms with Crippen molar-refractivity contribution in [3.05, 3.63) is 11.7 Å². The Balaban J connectivity index is 2.18. The summed E-state index contributed by atoms with van der Waals surface area (Å²) in [5.41, 5.74) is 0. The van der Waals surface area contributed by atoms with Crippen LogP contribution in [0.4, 0.5) is 0 Å². The number of nitrogens with one attached hydrogen (secondary N) is 1. The molecule has 1 aromatic rings. The van der Waals surface area contributed by atoms with Crippen molar-refractivity contribution >= 4 is 5.97 Å². The fraction of sp³-hybridized carbons (Fsp3) is 0.667. The molecule has 1 unspecified atom stereocenters. The lowest BCUT2D eigenvalue weighted by Gasteiger charge is -2.09. The lowest BCUT2D eigenvalue weighted by molar-refractivity contribution is -0.137. The minimum Gasteiger partial charge on any atom is -0.481 e. The lowest BCUT2D eigenvalue weighted by Crippen LogP contribution is -2.30. The van der Waals surface area contributed by atoms with Crippen LogP contribution in [0.3, 0.4) is 0 Å². The molecule has 0 fully saturated rings. The van der Waals surface area contributed by atoms with Crippen molar-refractivity contribution in [3.8, 4) is 0 Å². The highest BCUT2D eigenvalue weighted by molar-refractivity contribution is 5.67. The molecule has 0 radical (unpaired) electrons. The molecule has 1 heterocycles. The summed E-state index contributed by atoms with van der Waals surface area (Å²) in [5.74, 6) is 0.384. The third-order valence-corrected chi connectivity index (χ3v) is 1.88. The summed E-state index contributed by atoms with van der Waals surface area (Å²) >= 11 is 0. The molecular weight excluding hydrogens is 198 g/mol. The monoisotopic (exact) mass is 213 g/mol. The maximum Gasteiger partial charge on any atom is 0.304 e. The number of carbonyl (C=O) groups is 1. The van der Waals surface area contributed by atoms with Crippen molar-refractivity contribution < 1.29 is 14.4 Å². The first kappa shape index (κ1) is 11.6. The SMILES string of the molecule is Cc1noc(CCNC(C)CC(=O)O)n1. The van der Waals surface area contributed by atoms with Gasteiger partial charge in [-0.3, -0.25) is 4.79 Å². The van der Waals surface area contributed by atoms with Crippen molar-refractivity contribution in [2.75, 3.05) is 6.54 Å². The molecule has 0 saturated carbocycles. The molecule has 0 aliphatic heterocycles. The van der Waals surface area contributed by atoms with Crippen LogP contribution in [0.1, 0.15) is 25.1 Å². The van der Waals surface area contributed by atoms with Gasteiger partial charge in [-0.2, -0.15) is 4.98 Å². The van der Waals surface area contributed by atoms with Crippen LogP contribution in [0.15, 0.2) is 4.52 Å². The topological polar surface area (TPSA) is 88.2 Å². The van der Waals surface area contributed by atoms with Crippen LogP contribution in [0.25, 0.3) is 0 Å². The van der Waals surface area contributed by atoms with Crippen LogP contribution < -0.4 is 5.32 Å². The Hall–Kier alpha value is -1.43. The number of hydrogen-bond donors (Lipinski definition) is 2. The highest BCUT2D eigenvalue weighted by atomic mass is 16.5. The average Bonchev–Trinajstić information content (AvgIpc) is 2.50. The standard InChI is InChI=1S/C9H15N3O3/c1-6(5-9(13)14)10-4-3-8-11-7(2)12-15-8/h6,10H,3-5H2,1-2H3,(H,13,14). The smallest absolute Gasteiger partial charge is 0.304 e. The van der Waals surface area contributed by atoms with E-state index in [0.29, 0.717) is 24.7 Å². The van der Waals surface area contributed by atoms with Crippen LogP contribution in [-0.4, -0.2) is 33.8 Å². The zero-order chi connectivity index (χ0) is 11.3. The van der Waals surface area contributed by atoms with E-state index in [1.807, 2.05) is 6.92 Å². The van der Waals surface area contributed by atoms with Crippen molar-refractivity contribution in [2.45, 2.75) is 32.7 Å². The molecule has 0 aliphatic rings. The fourth-order valence-electron chi connectivity index (χ4n) is 1.20. The van der Waals surface area contributed by atoms with E-state index in [1.165, 1.54) is 0 Å². The van der Waals surface area contributed by atoms with E-state index in [0.717, 1.165) is 0 Å². The normalized spacial score (nSPS) is 12.7. The number of carboxylic acid groups (broad SMARTS) is 1. The van der Waals surface area contributed by atoms with Gasteiger partial charge in [0.1, 0.15) is 0 Å². The Bertz CT molecular complexity index is 324. The molecular formula is C9H15N3O3. The molecule has 0 bridgehead atoms. The Morgan fingerprint density at radius 1 is 1.67 bits per heavy atom. The van der Waals surface area contributed by atoms with Crippen LogP contribution in [-0.2, 0) is 11.2 Å². The first-order valence-corrected chi connectivity index (χ1v) is 4.82. The van der Waals surface area contributed by atoms with Crippen LogP contribution in [0, 0.1) is 6.92 Å². The zero-order valence-electron chi connectivity index (χ0n) is 8.86. The van der Waals surface area contributed by atoms with Crippen LogP contribution in [0.5, 0.6) is 0 Å². The maximum atomic E-state index is 10.4. The summed E-state index contributed by atoms with van der Waals surface area (Å²) in [6.45, 7) is 4.22. The second-order valence-corrected chi connectivity index (χ2v) is 3.44. The Morgan fingerprint density at radius 3 is 2.93 bits per heavy atom. The first-order valence-electron chi connectivity index (χ1n) is 4.82. The second-order valence-electron chi connectivity index (χ2n) is 3.44. The third kappa shape index (κ3) is 4.55. The van der Waals surface area contributed by atoms with Gasteiger partial charge in [-0.05, 0) is 13.8 Å². The number of aromatic nitrogens is 2. The van der Waals surface area contributed by atoms with Gasteiger partial charge in [-0.15, -0.1) is 0 Å². The van der Waals surface area contributed by atoms with E-state index in [1.54, 1.807) is 6.92 Å². The molecule has 0 aromatic carbocycles. The van der Waals surface area contributed by atoms with Crippen molar-refractivity contribution in [3.63, 3.8) is 0 Å². The fourth-order valence-corrected chi connectivity index (χ4v) is 1.20. The van der Waals surface area contributed by atoms with Gasteiger partial charge in [0.2, 0.25) is 5.89 Å². The predicted octanol–water partition coefficient (Wildman–Crippen LogP) is 0.373. The number of carboxylic acids is 1. The summed E-state index contributed by atoms with van der Waals surface area (Å²) < 4.78 is 4.91. The van der Waals surface area contributed by atoms with E-state index in [2.05, 4.69) is 15.5 Å². The highest BCUT2D eigenvalue weighted by Crippen LogP contribution is 1.97. The van der Waals surface area contributed by atoms with Gasteiger partial charge < -0.3 is 14.9 Å². The van der Waals surface area contributed by atoms with E-state index in [4.69, 9.17) is 9.63 Å². The molecule has 1 aromatic heterocycles. The molecule has 84 valence electrons. The van der Waals surface area contributed by atoms with E-state index < -0.39 is 5.97 Å². The molecule has 6 heteroatoms. The van der Waals surface area contributed by atoms with Crippen LogP contribution >= 0.6 is 0 Å². The number of aryl methyl sites for hydroxylation is 1.